The molecule has 0 saturated carbocycles. The molecule has 0 saturated heterocycles. The first kappa shape index (κ1) is 13.0. The van der Waals surface area contributed by atoms with E-state index in [0.29, 0.717) is 10.9 Å². The third kappa shape index (κ3) is 3.50. The minimum Gasteiger partial charge on any atom is -0.507 e. The molecule has 1 aromatic carbocycles. The van der Waals surface area contributed by atoms with Crippen molar-refractivity contribution in [1.82, 2.24) is 5.32 Å². The SMILES string of the molecule is CCC(O)CNC(=O)c1ccc(Br)cc1O. The minimum atomic E-state index is -0.554. The van der Waals surface area contributed by atoms with E-state index >= 15 is 0 Å². The summed E-state index contributed by atoms with van der Waals surface area (Å²) in [6.07, 6.45) is 0.0219. The molecular formula is C11H14BrNO3. The lowest BCUT2D eigenvalue weighted by Crippen LogP contribution is -2.31. The molecule has 0 heterocycles. The molecule has 16 heavy (non-hydrogen) atoms. The van der Waals surface area contributed by atoms with Crippen molar-refractivity contribution in [3.63, 3.8) is 0 Å². The minimum absolute atomic E-state index is 0.0853. The smallest absolute Gasteiger partial charge is 0.255 e. The molecule has 1 amide bonds. The van der Waals surface area contributed by atoms with E-state index in [1.807, 2.05) is 6.92 Å². The van der Waals surface area contributed by atoms with Crippen molar-refractivity contribution in [2.45, 2.75) is 19.4 Å². The van der Waals surface area contributed by atoms with Crippen LogP contribution < -0.4 is 5.32 Å². The molecule has 0 spiro atoms. The Kier molecular flexibility index (Phi) is 4.76. The van der Waals surface area contributed by atoms with E-state index in [-0.39, 0.29) is 17.9 Å². The van der Waals surface area contributed by atoms with Crippen LogP contribution in [0.4, 0.5) is 0 Å². The van der Waals surface area contributed by atoms with E-state index in [4.69, 9.17) is 0 Å². The number of rotatable bonds is 4. The normalized spacial score (nSPS) is 12.2. The van der Waals surface area contributed by atoms with Gasteiger partial charge in [-0.3, -0.25) is 4.79 Å². The molecule has 0 radical (unpaired) electrons. The van der Waals surface area contributed by atoms with Gasteiger partial charge in [-0.15, -0.1) is 0 Å². The number of phenolic OH excluding ortho intramolecular Hbond substituents is 1. The second-order valence-electron chi connectivity index (χ2n) is 3.43. The molecule has 0 aromatic heterocycles. The summed E-state index contributed by atoms with van der Waals surface area (Å²) in [5, 5.41) is 21.4. The first-order valence-electron chi connectivity index (χ1n) is 4.99. The molecule has 88 valence electrons. The number of nitrogens with one attached hydrogen (secondary N) is 1. The average Bonchev–Trinajstić information content (AvgIpc) is 2.25. The number of hydrogen-bond acceptors (Lipinski definition) is 3. The Balaban J connectivity index is 2.66. The van der Waals surface area contributed by atoms with Crippen molar-refractivity contribution in [2.24, 2.45) is 0 Å². The summed E-state index contributed by atoms with van der Waals surface area (Å²) in [5.74, 6) is -0.477. The summed E-state index contributed by atoms with van der Waals surface area (Å²) in [6, 6.07) is 4.64. The molecule has 0 aliphatic rings. The molecule has 0 bridgehead atoms. The van der Waals surface area contributed by atoms with E-state index in [9.17, 15) is 15.0 Å². The quantitative estimate of drug-likeness (QED) is 0.789. The zero-order valence-corrected chi connectivity index (χ0v) is 10.5. The standard InChI is InChI=1S/C11H14BrNO3/c1-2-8(14)6-13-11(16)9-4-3-7(12)5-10(9)15/h3-5,8,14-15H,2,6H2,1H3,(H,13,16). The number of aliphatic hydroxyl groups is 1. The Labute approximate surface area is 102 Å². The number of benzene rings is 1. The summed E-state index contributed by atoms with van der Waals surface area (Å²) in [6.45, 7) is 2.01. The monoisotopic (exact) mass is 287 g/mol. The molecule has 1 unspecified atom stereocenters. The van der Waals surface area contributed by atoms with E-state index in [0.717, 1.165) is 0 Å². The van der Waals surface area contributed by atoms with Crippen LogP contribution in [0.3, 0.4) is 0 Å². The van der Waals surface area contributed by atoms with Gasteiger partial charge >= 0.3 is 0 Å². The highest BCUT2D eigenvalue weighted by Gasteiger charge is 2.11. The van der Waals surface area contributed by atoms with Crippen molar-refractivity contribution in [3.8, 4) is 5.75 Å². The molecule has 3 N–H and O–H groups in total. The average molecular weight is 288 g/mol. The fourth-order valence-electron chi connectivity index (χ4n) is 1.15. The first-order chi connectivity index (χ1) is 7.54. The van der Waals surface area contributed by atoms with Crippen LogP contribution in [0.1, 0.15) is 23.7 Å². The van der Waals surface area contributed by atoms with Crippen LogP contribution in [0.5, 0.6) is 5.75 Å². The third-order valence-electron chi connectivity index (χ3n) is 2.17. The highest BCUT2D eigenvalue weighted by Crippen LogP contribution is 2.21. The number of amides is 1. The zero-order valence-electron chi connectivity index (χ0n) is 8.90. The number of halogens is 1. The highest BCUT2D eigenvalue weighted by atomic mass is 79.9. The number of carbonyl (C=O) groups is 1. The highest BCUT2D eigenvalue weighted by molar-refractivity contribution is 9.10. The fraction of sp³-hybridized carbons (Fsp3) is 0.364. The molecule has 4 nitrogen and oxygen atoms in total. The van der Waals surface area contributed by atoms with Gasteiger partial charge in [0.25, 0.3) is 5.91 Å². The van der Waals surface area contributed by atoms with Crippen LogP contribution in [-0.4, -0.2) is 28.8 Å². The van der Waals surface area contributed by atoms with Gasteiger partial charge in [-0.1, -0.05) is 22.9 Å². The second-order valence-corrected chi connectivity index (χ2v) is 4.35. The van der Waals surface area contributed by atoms with Crippen LogP contribution in [0.2, 0.25) is 0 Å². The Bertz CT molecular complexity index is 381. The fourth-order valence-corrected chi connectivity index (χ4v) is 1.50. The van der Waals surface area contributed by atoms with Gasteiger partial charge in [0, 0.05) is 11.0 Å². The number of hydrogen-bond donors (Lipinski definition) is 3. The van der Waals surface area contributed by atoms with Crippen LogP contribution in [0, 0.1) is 0 Å². The van der Waals surface area contributed by atoms with Crippen molar-refractivity contribution >= 4 is 21.8 Å². The molecular weight excluding hydrogens is 274 g/mol. The van der Waals surface area contributed by atoms with Gasteiger partial charge in [-0.2, -0.15) is 0 Å². The number of carbonyl (C=O) groups excluding carboxylic acids is 1. The van der Waals surface area contributed by atoms with E-state index in [1.165, 1.54) is 12.1 Å². The topological polar surface area (TPSA) is 69.6 Å². The van der Waals surface area contributed by atoms with E-state index in [1.54, 1.807) is 6.07 Å². The van der Waals surface area contributed by atoms with Gasteiger partial charge in [0.15, 0.2) is 0 Å². The summed E-state index contributed by atoms with van der Waals surface area (Å²) in [4.78, 5) is 11.6. The Morgan fingerprint density at radius 1 is 1.56 bits per heavy atom. The largest absolute Gasteiger partial charge is 0.507 e. The molecule has 0 aliphatic heterocycles. The van der Waals surface area contributed by atoms with Gasteiger partial charge in [-0.05, 0) is 24.6 Å². The first-order valence-corrected chi connectivity index (χ1v) is 5.78. The predicted molar refractivity (Wildman–Crippen MR) is 64.4 cm³/mol. The molecule has 0 aliphatic carbocycles. The van der Waals surface area contributed by atoms with Crippen LogP contribution >= 0.6 is 15.9 Å². The lowest BCUT2D eigenvalue weighted by molar-refractivity contribution is 0.0911. The van der Waals surface area contributed by atoms with Gasteiger partial charge in [0.1, 0.15) is 5.75 Å². The molecule has 1 rings (SSSR count). The van der Waals surface area contributed by atoms with Crippen LogP contribution in [-0.2, 0) is 0 Å². The Hall–Kier alpha value is -1.07. The zero-order chi connectivity index (χ0) is 12.1. The summed E-state index contributed by atoms with van der Waals surface area (Å²) < 4.78 is 0.704. The predicted octanol–water partition coefficient (Wildman–Crippen LogP) is 1.66. The maximum atomic E-state index is 11.6. The molecule has 1 aromatic rings. The van der Waals surface area contributed by atoms with Crippen LogP contribution in [0.15, 0.2) is 22.7 Å². The number of aromatic hydroxyl groups is 1. The van der Waals surface area contributed by atoms with Gasteiger partial charge in [0.05, 0.1) is 11.7 Å². The van der Waals surface area contributed by atoms with Crippen molar-refractivity contribution in [3.05, 3.63) is 28.2 Å². The summed E-state index contributed by atoms with van der Waals surface area (Å²) in [5.41, 5.74) is 0.200. The van der Waals surface area contributed by atoms with Gasteiger partial charge in [-0.25, -0.2) is 0 Å². The van der Waals surface area contributed by atoms with Crippen molar-refractivity contribution in [2.75, 3.05) is 6.54 Å². The Morgan fingerprint density at radius 3 is 2.81 bits per heavy atom. The maximum absolute atomic E-state index is 11.6. The summed E-state index contributed by atoms with van der Waals surface area (Å²) in [7, 11) is 0. The van der Waals surface area contributed by atoms with Gasteiger partial charge in [0.2, 0.25) is 0 Å². The van der Waals surface area contributed by atoms with Gasteiger partial charge < -0.3 is 15.5 Å². The van der Waals surface area contributed by atoms with Crippen molar-refractivity contribution in [1.29, 1.82) is 0 Å². The van der Waals surface area contributed by atoms with E-state index < -0.39 is 12.0 Å². The number of aliphatic hydroxyl groups excluding tert-OH is 1. The van der Waals surface area contributed by atoms with Crippen molar-refractivity contribution < 1.29 is 15.0 Å². The van der Waals surface area contributed by atoms with Crippen LogP contribution in [0.25, 0.3) is 0 Å². The maximum Gasteiger partial charge on any atom is 0.255 e. The lowest BCUT2D eigenvalue weighted by atomic mass is 10.2. The Morgan fingerprint density at radius 2 is 2.25 bits per heavy atom. The third-order valence-corrected chi connectivity index (χ3v) is 2.67. The second kappa shape index (κ2) is 5.86. The molecule has 5 heteroatoms. The molecule has 1 atom stereocenters. The number of phenols is 1. The molecule has 0 fully saturated rings. The lowest BCUT2D eigenvalue weighted by Gasteiger charge is -2.10. The van der Waals surface area contributed by atoms with E-state index in [2.05, 4.69) is 21.2 Å². The summed E-state index contributed by atoms with van der Waals surface area (Å²) >= 11 is 3.19.